The molecule has 3 rings (SSSR count). The molecule has 0 aromatic heterocycles. The van der Waals surface area contributed by atoms with E-state index in [1.165, 1.54) is 4.90 Å². The maximum absolute atomic E-state index is 12.3. The molecule has 0 saturated heterocycles. The minimum absolute atomic E-state index is 0.140. The van der Waals surface area contributed by atoms with Crippen LogP contribution in [0.5, 0.6) is 5.75 Å². The zero-order valence-corrected chi connectivity index (χ0v) is 15.4. The molecule has 2 N–H and O–H groups in total. The molecule has 0 fully saturated rings. The van der Waals surface area contributed by atoms with Gasteiger partial charge < -0.3 is 20.1 Å². The molecule has 0 spiro atoms. The van der Waals surface area contributed by atoms with E-state index in [0.29, 0.717) is 35.7 Å². The summed E-state index contributed by atoms with van der Waals surface area (Å²) < 4.78 is 10.5. The maximum Gasteiger partial charge on any atom is 0.319 e. The first-order valence-corrected chi connectivity index (χ1v) is 8.82. The second-order valence-electron chi connectivity index (χ2n) is 6.06. The Morgan fingerprint density at radius 3 is 2.39 bits per heavy atom. The van der Waals surface area contributed by atoms with Gasteiger partial charge in [0.15, 0.2) is 0 Å². The average molecular weight is 383 g/mol. The Labute approximate surface area is 162 Å². The lowest BCUT2D eigenvalue weighted by Crippen LogP contribution is -2.33. The number of hydrogen-bond donors (Lipinski definition) is 2. The smallest absolute Gasteiger partial charge is 0.319 e. The summed E-state index contributed by atoms with van der Waals surface area (Å²) in [6, 6.07) is 13.3. The van der Waals surface area contributed by atoms with Crippen LogP contribution in [0.15, 0.2) is 48.5 Å². The van der Waals surface area contributed by atoms with Crippen LogP contribution in [0, 0.1) is 0 Å². The second kappa shape index (κ2) is 9.01. The van der Waals surface area contributed by atoms with Crippen molar-refractivity contribution in [2.24, 2.45) is 0 Å². The lowest BCUT2D eigenvalue weighted by Gasteiger charge is -2.15. The van der Waals surface area contributed by atoms with Crippen LogP contribution in [0.2, 0.25) is 0 Å². The molecule has 8 heteroatoms. The number of anilines is 1. The number of amides is 4. The van der Waals surface area contributed by atoms with Gasteiger partial charge >= 0.3 is 6.03 Å². The molecule has 1 heterocycles. The van der Waals surface area contributed by atoms with Crippen molar-refractivity contribution in [2.45, 2.75) is 0 Å². The fourth-order valence-corrected chi connectivity index (χ4v) is 2.80. The molecular formula is C20H21N3O5. The van der Waals surface area contributed by atoms with E-state index in [9.17, 15) is 14.4 Å². The first-order valence-electron chi connectivity index (χ1n) is 8.82. The minimum Gasteiger partial charge on any atom is -0.492 e. The Kier molecular flexibility index (Phi) is 6.23. The summed E-state index contributed by atoms with van der Waals surface area (Å²) in [5.41, 5.74) is 1.39. The molecule has 4 amide bonds. The molecule has 8 nitrogen and oxygen atoms in total. The summed E-state index contributed by atoms with van der Waals surface area (Å²) in [7, 11) is 1.56. The summed E-state index contributed by atoms with van der Waals surface area (Å²) in [5, 5.41) is 5.35. The van der Waals surface area contributed by atoms with Crippen LogP contribution in [-0.4, -0.2) is 56.2 Å². The number of nitrogens with zero attached hydrogens (tertiary/aromatic N) is 1. The second-order valence-corrected chi connectivity index (χ2v) is 6.06. The van der Waals surface area contributed by atoms with Gasteiger partial charge in [-0.25, -0.2) is 4.79 Å². The van der Waals surface area contributed by atoms with Crippen molar-refractivity contribution >= 4 is 23.5 Å². The summed E-state index contributed by atoms with van der Waals surface area (Å²) in [5.74, 6) is -0.106. The number of rotatable bonds is 8. The van der Waals surface area contributed by atoms with Gasteiger partial charge in [0, 0.05) is 25.4 Å². The van der Waals surface area contributed by atoms with Gasteiger partial charge in [-0.2, -0.15) is 0 Å². The van der Waals surface area contributed by atoms with Crippen molar-refractivity contribution in [3.05, 3.63) is 59.7 Å². The van der Waals surface area contributed by atoms with E-state index >= 15 is 0 Å². The molecule has 1 aliphatic heterocycles. The summed E-state index contributed by atoms with van der Waals surface area (Å²) in [6.07, 6.45) is 0. The van der Waals surface area contributed by atoms with E-state index in [4.69, 9.17) is 9.47 Å². The van der Waals surface area contributed by atoms with Crippen molar-refractivity contribution < 1.29 is 23.9 Å². The minimum atomic E-state index is -0.347. The topological polar surface area (TPSA) is 97.0 Å². The van der Waals surface area contributed by atoms with E-state index in [1.807, 2.05) is 0 Å². The van der Waals surface area contributed by atoms with Crippen LogP contribution in [0.25, 0.3) is 0 Å². The van der Waals surface area contributed by atoms with Crippen molar-refractivity contribution in [2.75, 3.05) is 38.7 Å². The SMILES string of the molecule is COCCNC(=O)Nc1cccc(OCCN2C(=O)c3ccccc3C2=O)c1. The highest BCUT2D eigenvalue weighted by Gasteiger charge is 2.34. The van der Waals surface area contributed by atoms with Gasteiger partial charge in [-0.1, -0.05) is 18.2 Å². The van der Waals surface area contributed by atoms with Crippen molar-refractivity contribution in [1.82, 2.24) is 10.2 Å². The highest BCUT2D eigenvalue weighted by Crippen LogP contribution is 2.22. The van der Waals surface area contributed by atoms with E-state index in [2.05, 4.69) is 10.6 Å². The molecule has 0 aliphatic carbocycles. The number of nitrogens with one attached hydrogen (secondary N) is 2. The molecule has 1 aliphatic rings. The van der Waals surface area contributed by atoms with Gasteiger partial charge in [-0.3, -0.25) is 14.5 Å². The number of carbonyl (C=O) groups is 3. The van der Waals surface area contributed by atoms with Crippen LogP contribution in [-0.2, 0) is 4.74 Å². The summed E-state index contributed by atoms with van der Waals surface area (Å²) >= 11 is 0. The number of carbonyl (C=O) groups excluding carboxylic acids is 3. The summed E-state index contributed by atoms with van der Waals surface area (Å²) in [4.78, 5) is 37.6. The number of benzene rings is 2. The first kappa shape index (κ1) is 19.4. The third-order valence-corrected chi connectivity index (χ3v) is 4.15. The molecule has 0 saturated carbocycles. The predicted octanol–water partition coefficient (Wildman–Crippen LogP) is 2.13. The quantitative estimate of drug-likeness (QED) is 0.538. The van der Waals surface area contributed by atoms with E-state index in [1.54, 1.807) is 55.6 Å². The number of urea groups is 1. The highest BCUT2D eigenvalue weighted by atomic mass is 16.5. The van der Waals surface area contributed by atoms with Gasteiger partial charge in [0.25, 0.3) is 11.8 Å². The number of imide groups is 1. The zero-order valence-electron chi connectivity index (χ0n) is 15.4. The fourth-order valence-electron chi connectivity index (χ4n) is 2.80. The number of hydrogen-bond acceptors (Lipinski definition) is 5. The third-order valence-electron chi connectivity index (χ3n) is 4.15. The maximum atomic E-state index is 12.3. The fraction of sp³-hybridized carbons (Fsp3) is 0.250. The number of ether oxygens (including phenoxy) is 2. The largest absolute Gasteiger partial charge is 0.492 e. The van der Waals surface area contributed by atoms with Crippen LogP contribution in [0.1, 0.15) is 20.7 Å². The van der Waals surface area contributed by atoms with Gasteiger partial charge in [0.2, 0.25) is 0 Å². The Morgan fingerprint density at radius 2 is 1.71 bits per heavy atom. The Balaban J connectivity index is 1.51. The van der Waals surface area contributed by atoms with Crippen molar-refractivity contribution in [3.63, 3.8) is 0 Å². The molecule has 0 unspecified atom stereocenters. The standard InChI is InChI=1S/C20H21N3O5/c1-27-11-9-21-20(26)22-14-5-4-6-15(13-14)28-12-10-23-18(24)16-7-2-3-8-17(16)19(23)25/h2-8,13H,9-12H2,1H3,(H2,21,22,26). The number of methoxy groups -OCH3 is 1. The predicted molar refractivity (Wildman–Crippen MR) is 103 cm³/mol. The molecule has 146 valence electrons. The van der Waals surface area contributed by atoms with E-state index in [0.717, 1.165) is 0 Å². The summed E-state index contributed by atoms with van der Waals surface area (Å²) in [6.45, 7) is 1.11. The zero-order chi connectivity index (χ0) is 19.9. The molecule has 2 aromatic carbocycles. The van der Waals surface area contributed by atoms with E-state index < -0.39 is 0 Å². The molecule has 2 aromatic rings. The molecule has 28 heavy (non-hydrogen) atoms. The van der Waals surface area contributed by atoms with Gasteiger partial charge in [-0.05, 0) is 24.3 Å². The molecular weight excluding hydrogens is 362 g/mol. The van der Waals surface area contributed by atoms with Crippen LogP contribution in [0.3, 0.4) is 0 Å². The van der Waals surface area contributed by atoms with Crippen LogP contribution >= 0.6 is 0 Å². The molecule has 0 bridgehead atoms. The lowest BCUT2D eigenvalue weighted by molar-refractivity contribution is 0.0631. The van der Waals surface area contributed by atoms with Crippen molar-refractivity contribution in [3.8, 4) is 5.75 Å². The number of fused-ring (bicyclic) bond motifs is 1. The Morgan fingerprint density at radius 1 is 1.00 bits per heavy atom. The van der Waals surface area contributed by atoms with Gasteiger partial charge in [0.1, 0.15) is 12.4 Å². The van der Waals surface area contributed by atoms with Crippen LogP contribution < -0.4 is 15.4 Å². The third kappa shape index (κ3) is 4.47. The van der Waals surface area contributed by atoms with E-state index in [-0.39, 0.29) is 31.0 Å². The highest BCUT2D eigenvalue weighted by molar-refractivity contribution is 6.21. The molecule has 0 radical (unpaired) electrons. The Bertz CT molecular complexity index is 849. The first-order chi connectivity index (χ1) is 13.6. The van der Waals surface area contributed by atoms with Gasteiger partial charge in [-0.15, -0.1) is 0 Å². The normalized spacial score (nSPS) is 12.7. The Hall–Kier alpha value is -3.39. The van der Waals surface area contributed by atoms with Gasteiger partial charge in [0.05, 0.1) is 24.3 Å². The monoisotopic (exact) mass is 383 g/mol. The van der Waals surface area contributed by atoms with Crippen LogP contribution in [0.4, 0.5) is 10.5 Å². The average Bonchev–Trinajstić information content (AvgIpc) is 2.94. The molecule has 0 atom stereocenters. The van der Waals surface area contributed by atoms with Crippen molar-refractivity contribution in [1.29, 1.82) is 0 Å². The lowest BCUT2D eigenvalue weighted by atomic mass is 10.1.